The van der Waals surface area contributed by atoms with Crippen molar-refractivity contribution in [3.8, 4) is 17.2 Å². The number of carbonyl (C=O) groups is 4. The molecule has 9 nitrogen and oxygen atoms in total. The monoisotopic (exact) mass is 618 g/mol. The van der Waals surface area contributed by atoms with Crippen molar-refractivity contribution < 1.29 is 48.0 Å². The van der Waals surface area contributed by atoms with Crippen molar-refractivity contribution in [2.45, 2.75) is 70.2 Å². The largest absolute Gasteiger partial charge is 0.478 e. The second-order valence-corrected chi connectivity index (χ2v) is 13.0. The van der Waals surface area contributed by atoms with Gasteiger partial charge in [0.2, 0.25) is 5.60 Å². The molecule has 0 aromatic heterocycles. The number of carbonyl (C=O) groups excluding carboxylic acids is 3. The van der Waals surface area contributed by atoms with E-state index in [1.54, 1.807) is 56.3 Å². The summed E-state index contributed by atoms with van der Waals surface area (Å²) in [6, 6.07) is 12.4. The quantitative estimate of drug-likeness (QED) is 0.306. The van der Waals surface area contributed by atoms with E-state index in [1.165, 1.54) is 31.2 Å². The van der Waals surface area contributed by atoms with Crippen LogP contribution in [0, 0.1) is 22.7 Å². The molecule has 10 heteroatoms. The van der Waals surface area contributed by atoms with Crippen molar-refractivity contribution in [1.29, 1.82) is 0 Å². The van der Waals surface area contributed by atoms with E-state index in [0.29, 0.717) is 42.1 Å². The highest BCUT2D eigenvalue weighted by atomic mass is 19.1. The zero-order valence-electron chi connectivity index (χ0n) is 25.2. The van der Waals surface area contributed by atoms with Crippen LogP contribution >= 0.6 is 0 Å². The lowest BCUT2D eigenvalue weighted by Gasteiger charge is -2.62. The fourth-order valence-corrected chi connectivity index (χ4v) is 8.52. The Labute approximate surface area is 259 Å². The molecule has 0 unspecified atom stereocenters. The maximum atomic E-state index is 17.4. The average Bonchev–Trinajstić information content (AvgIpc) is 3.27. The van der Waals surface area contributed by atoms with Crippen molar-refractivity contribution in [1.82, 2.24) is 0 Å². The number of alkyl halides is 1. The predicted molar refractivity (Wildman–Crippen MR) is 158 cm³/mol. The minimum atomic E-state index is -2.12. The van der Waals surface area contributed by atoms with Crippen LogP contribution < -0.4 is 9.47 Å². The van der Waals surface area contributed by atoms with Crippen molar-refractivity contribution >= 4 is 23.7 Å². The number of aliphatic hydroxyl groups is 1. The van der Waals surface area contributed by atoms with Crippen LogP contribution in [0.15, 0.2) is 72.3 Å². The van der Waals surface area contributed by atoms with E-state index in [1.807, 2.05) is 0 Å². The Balaban J connectivity index is 1.23. The Kier molecular flexibility index (Phi) is 7.27. The first kappa shape index (κ1) is 30.7. The van der Waals surface area contributed by atoms with Crippen molar-refractivity contribution in [3.63, 3.8) is 0 Å². The number of aliphatic hydroxyl groups excluding tert-OH is 1. The highest BCUT2D eigenvalue weighted by molar-refractivity contribution is 6.01. The van der Waals surface area contributed by atoms with Crippen molar-refractivity contribution in [3.05, 3.63) is 77.9 Å². The van der Waals surface area contributed by atoms with Gasteiger partial charge in [0.25, 0.3) is 0 Å². The summed E-state index contributed by atoms with van der Waals surface area (Å²) in [5.41, 5.74) is -5.81. The van der Waals surface area contributed by atoms with E-state index in [4.69, 9.17) is 14.2 Å². The summed E-state index contributed by atoms with van der Waals surface area (Å²) < 4.78 is 34.1. The number of carboxylic acids is 1. The normalized spacial score (nSPS) is 34.9. The summed E-state index contributed by atoms with van der Waals surface area (Å²) in [7, 11) is 0. The van der Waals surface area contributed by atoms with E-state index in [9.17, 15) is 29.4 Å². The number of benzene rings is 2. The summed E-state index contributed by atoms with van der Waals surface area (Å²) in [6.45, 7) is 4.69. The first-order chi connectivity index (χ1) is 21.2. The van der Waals surface area contributed by atoms with Crippen molar-refractivity contribution in [2.24, 2.45) is 22.7 Å². The number of ether oxygens (including phenoxy) is 3. The van der Waals surface area contributed by atoms with E-state index in [-0.39, 0.29) is 24.2 Å². The maximum absolute atomic E-state index is 17.4. The Morgan fingerprint density at radius 3 is 2.18 bits per heavy atom. The average molecular weight is 619 g/mol. The van der Waals surface area contributed by atoms with Gasteiger partial charge < -0.3 is 24.4 Å². The first-order valence-electron chi connectivity index (χ1n) is 15.1. The van der Waals surface area contributed by atoms with Crippen LogP contribution in [0.1, 0.15) is 63.2 Å². The lowest BCUT2D eigenvalue weighted by Crippen LogP contribution is -2.69. The zero-order chi connectivity index (χ0) is 32.4. The van der Waals surface area contributed by atoms with E-state index in [2.05, 4.69) is 0 Å². The molecular formula is C35H35FO9. The molecule has 3 fully saturated rings. The van der Waals surface area contributed by atoms with Gasteiger partial charge in [0.1, 0.15) is 17.2 Å². The van der Waals surface area contributed by atoms with Crippen LogP contribution in [0.5, 0.6) is 17.2 Å². The van der Waals surface area contributed by atoms with Crippen LogP contribution in [-0.4, -0.2) is 51.3 Å². The van der Waals surface area contributed by atoms with Gasteiger partial charge in [-0.05, 0) is 106 Å². The van der Waals surface area contributed by atoms with Gasteiger partial charge >= 0.3 is 17.9 Å². The third-order valence-corrected chi connectivity index (χ3v) is 10.8. The number of halogens is 1. The second kappa shape index (κ2) is 10.7. The molecular weight excluding hydrogens is 583 g/mol. The van der Waals surface area contributed by atoms with Gasteiger partial charge in [-0.2, -0.15) is 0 Å². The van der Waals surface area contributed by atoms with Gasteiger partial charge in [-0.3, -0.25) is 9.59 Å². The number of hydrogen-bond acceptors (Lipinski definition) is 8. The summed E-state index contributed by atoms with van der Waals surface area (Å²) >= 11 is 0. The maximum Gasteiger partial charge on any atom is 0.348 e. The summed E-state index contributed by atoms with van der Waals surface area (Å²) in [6.07, 6.45) is 3.64. The van der Waals surface area contributed by atoms with Gasteiger partial charge in [-0.1, -0.05) is 18.6 Å². The predicted octanol–water partition coefficient (Wildman–Crippen LogP) is 5.76. The molecule has 0 aliphatic heterocycles. The third kappa shape index (κ3) is 4.60. The highest BCUT2D eigenvalue weighted by Crippen LogP contribution is 2.70. The first-order valence-corrected chi connectivity index (χ1v) is 15.1. The van der Waals surface area contributed by atoms with Gasteiger partial charge in [-0.15, -0.1) is 0 Å². The molecule has 2 aromatic rings. The van der Waals surface area contributed by atoms with Crippen LogP contribution in [0.2, 0.25) is 0 Å². The summed E-state index contributed by atoms with van der Waals surface area (Å²) in [4.78, 5) is 49.7. The molecule has 7 atom stereocenters. The van der Waals surface area contributed by atoms with E-state index in [0.717, 1.165) is 0 Å². The number of allylic oxidation sites excluding steroid dienone is 4. The Bertz CT molecular complexity index is 1630. The molecule has 2 N–H and O–H groups in total. The Hall–Kier alpha value is -4.31. The van der Waals surface area contributed by atoms with E-state index >= 15 is 4.39 Å². The molecule has 0 spiro atoms. The molecule has 0 saturated heterocycles. The number of hydrogen-bond donors (Lipinski definition) is 2. The lowest BCUT2D eigenvalue weighted by molar-refractivity contribution is -0.222. The molecule has 3 saturated carbocycles. The van der Waals surface area contributed by atoms with Gasteiger partial charge in [-0.25, -0.2) is 14.0 Å². The highest BCUT2D eigenvalue weighted by Gasteiger charge is 2.76. The number of aliphatic carboxylic acids is 1. The van der Waals surface area contributed by atoms with E-state index < -0.39 is 57.9 Å². The summed E-state index contributed by atoms with van der Waals surface area (Å²) in [5.74, 6) is -2.79. The fraction of sp³-hybridized carbons (Fsp3) is 0.429. The van der Waals surface area contributed by atoms with Crippen molar-refractivity contribution in [2.75, 3.05) is 0 Å². The summed E-state index contributed by atoms with van der Waals surface area (Å²) in [5, 5.41) is 22.1. The molecule has 4 aliphatic carbocycles. The number of ketones is 1. The third-order valence-electron chi connectivity index (χ3n) is 10.8. The van der Waals surface area contributed by atoms with Gasteiger partial charge in [0, 0.05) is 23.7 Å². The molecule has 6 rings (SSSR count). The van der Waals surface area contributed by atoms with Crippen LogP contribution in [0.3, 0.4) is 0 Å². The molecule has 2 aromatic carbocycles. The number of rotatable bonds is 6. The number of carboxylic acid groups (broad SMARTS) is 1. The number of esters is 2. The zero-order valence-corrected chi connectivity index (χ0v) is 25.2. The Morgan fingerprint density at radius 1 is 0.933 bits per heavy atom. The molecule has 0 radical (unpaired) electrons. The molecule has 4 aliphatic rings. The SMILES string of the molecule is CC(=O)Oc1ccc(Oc2ccc(C(=O)O[C@]3(C(=O)O)CC[C@H]4[C@@H]5CCC6=CC(=O)C=C[C@]6(C)[C@@]5(F)[C@@H](O)C[C@@]43C)cc2)cc1. The van der Waals surface area contributed by atoms with Gasteiger partial charge in [0.15, 0.2) is 11.5 Å². The fourth-order valence-electron chi connectivity index (χ4n) is 8.52. The molecule has 236 valence electrons. The molecule has 0 heterocycles. The molecule has 0 bridgehead atoms. The number of fused-ring (bicyclic) bond motifs is 5. The minimum absolute atomic E-state index is 0.0210. The standard InChI is InChI=1S/C35H35FO9/c1-20(37)43-24-9-11-26(12-10-24)44-25-7-4-21(5-8-25)30(40)45-34(31(41)42)17-15-27-28-13-6-22-18-23(38)14-16-32(22,2)35(28,36)29(39)19-33(27,34)3/h4-5,7-12,14,16,18,27-29,39H,6,13,15,17,19H2,1-3H3,(H,41,42)/t27-,28-,29-,32-,33-,34-,35-/m0/s1. The lowest BCUT2D eigenvalue weighted by atomic mass is 9.45. The van der Waals surface area contributed by atoms with Gasteiger partial charge in [0.05, 0.1) is 11.7 Å². The van der Waals surface area contributed by atoms with Crippen LogP contribution in [-0.2, 0) is 19.1 Å². The molecule has 0 amide bonds. The molecule has 45 heavy (non-hydrogen) atoms. The Morgan fingerprint density at radius 2 is 1.56 bits per heavy atom. The van der Waals surface area contributed by atoms with Crippen LogP contribution in [0.4, 0.5) is 4.39 Å². The second-order valence-electron chi connectivity index (χ2n) is 13.0. The smallest absolute Gasteiger partial charge is 0.348 e. The van der Waals surface area contributed by atoms with Crippen LogP contribution in [0.25, 0.3) is 0 Å². The minimum Gasteiger partial charge on any atom is -0.478 e. The topological polar surface area (TPSA) is 136 Å².